The smallest absolute Gasteiger partial charge is 0.341 e. The van der Waals surface area contributed by atoms with E-state index in [1.165, 1.54) is 38.3 Å². The van der Waals surface area contributed by atoms with Gasteiger partial charge in [-0.15, -0.1) is 11.3 Å². The lowest BCUT2D eigenvalue weighted by atomic mass is 9.95. The summed E-state index contributed by atoms with van der Waals surface area (Å²) in [4.78, 5) is 63.2. The predicted octanol–water partition coefficient (Wildman–Crippen LogP) is 2.45. The fourth-order valence-corrected chi connectivity index (χ4v) is 5.02. The molecule has 3 unspecified atom stereocenters. The Morgan fingerprint density at radius 2 is 1.59 bits per heavy atom. The summed E-state index contributed by atoms with van der Waals surface area (Å²) in [5, 5.41) is 10.7. The normalized spacial score (nSPS) is 13.1. The molecule has 4 amide bonds. The van der Waals surface area contributed by atoms with Crippen molar-refractivity contribution in [1.82, 2.24) is 16.0 Å². The molecule has 11 nitrogen and oxygen atoms in total. The average molecular weight is 592 g/mol. The highest BCUT2D eigenvalue weighted by Gasteiger charge is 2.28. The van der Waals surface area contributed by atoms with Crippen molar-refractivity contribution in [3.63, 3.8) is 0 Å². The number of methoxy groups -OCH3 is 1. The van der Waals surface area contributed by atoms with Gasteiger partial charge in [0.25, 0.3) is 5.91 Å². The minimum atomic E-state index is -0.821. The standard InChI is InChI=1S/C28H38FN5O6S/c1-7-19(17-8-10-18(29)11-9-17)24(36)34-27-20(28(39)40-6)15(4)22(41-27)26(38)32-13-12-31-23(35)16(5)33-25(37)21(30)14(2)3/h8-11,14,16,19,21H,7,12-13,30H2,1-6H3,(H,31,35)(H,32,38)(H,33,37)(H,34,36). The Kier molecular flexibility index (Phi) is 12.4. The number of amides is 4. The summed E-state index contributed by atoms with van der Waals surface area (Å²) in [6.45, 7) is 8.64. The summed E-state index contributed by atoms with van der Waals surface area (Å²) >= 11 is 0.921. The second kappa shape index (κ2) is 15.2. The van der Waals surface area contributed by atoms with Gasteiger partial charge in [0.05, 0.1) is 29.5 Å². The van der Waals surface area contributed by atoms with Crippen LogP contribution in [0.4, 0.5) is 9.39 Å². The summed E-state index contributed by atoms with van der Waals surface area (Å²) in [7, 11) is 1.20. The zero-order valence-corrected chi connectivity index (χ0v) is 24.9. The number of nitrogens with two attached hydrogens (primary N) is 1. The lowest BCUT2D eigenvalue weighted by Crippen LogP contribution is -2.52. The van der Waals surface area contributed by atoms with Crippen molar-refractivity contribution in [2.75, 3.05) is 25.5 Å². The number of nitrogens with one attached hydrogen (secondary N) is 4. The molecule has 0 aliphatic heterocycles. The fourth-order valence-electron chi connectivity index (χ4n) is 3.91. The molecular weight excluding hydrogens is 553 g/mol. The van der Waals surface area contributed by atoms with E-state index in [-0.39, 0.29) is 34.4 Å². The molecule has 0 fully saturated rings. The van der Waals surface area contributed by atoms with Crippen LogP contribution in [-0.4, -0.2) is 61.9 Å². The number of ether oxygens (including phenoxy) is 1. The Morgan fingerprint density at radius 3 is 2.15 bits per heavy atom. The first kappa shape index (κ1) is 33.4. The van der Waals surface area contributed by atoms with Crippen molar-refractivity contribution in [2.24, 2.45) is 11.7 Å². The highest BCUT2D eigenvalue weighted by molar-refractivity contribution is 7.18. The maximum absolute atomic E-state index is 13.4. The van der Waals surface area contributed by atoms with Gasteiger partial charge in [-0.2, -0.15) is 0 Å². The number of rotatable bonds is 13. The van der Waals surface area contributed by atoms with Crippen LogP contribution in [0.15, 0.2) is 24.3 Å². The Bertz CT molecular complexity index is 1260. The largest absolute Gasteiger partial charge is 0.465 e. The molecule has 0 radical (unpaired) electrons. The van der Waals surface area contributed by atoms with E-state index in [1.807, 2.05) is 0 Å². The van der Waals surface area contributed by atoms with Crippen molar-refractivity contribution < 1.29 is 33.1 Å². The van der Waals surface area contributed by atoms with Crippen LogP contribution in [0.25, 0.3) is 0 Å². The van der Waals surface area contributed by atoms with Crippen LogP contribution in [-0.2, 0) is 19.1 Å². The van der Waals surface area contributed by atoms with Crippen LogP contribution in [0.5, 0.6) is 0 Å². The van der Waals surface area contributed by atoms with E-state index in [9.17, 15) is 28.4 Å². The summed E-state index contributed by atoms with van der Waals surface area (Å²) in [5.41, 5.74) is 6.79. The topological polar surface area (TPSA) is 169 Å². The SMILES string of the molecule is CCC(C(=O)Nc1sc(C(=O)NCCNC(=O)C(C)NC(=O)C(N)C(C)C)c(C)c1C(=O)OC)c1ccc(F)cc1. The highest BCUT2D eigenvalue weighted by atomic mass is 32.1. The molecule has 13 heteroatoms. The second-order valence-electron chi connectivity index (χ2n) is 9.80. The van der Waals surface area contributed by atoms with Crippen molar-refractivity contribution >= 4 is 45.9 Å². The number of thiophene rings is 1. The number of anilines is 1. The fraction of sp³-hybridized carbons (Fsp3) is 0.464. The van der Waals surface area contributed by atoms with Crippen molar-refractivity contribution in [3.8, 4) is 0 Å². The quantitative estimate of drug-likeness (QED) is 0.176. The number of esters is 1. The average Bonchev–Trinajstić information content (AvgIpc) is 3.26. The van der Waals surface area contributed by atoms with E-state index in [4.69, 9.17) is 10.5 Å². The zero-order chi connectivity index (χ0) is 30.9. The molecule has 0 bridgehead atoms. The summed E-state index contributed by atoms with van der Waals surface area (Å²) in [5.74, 6) is -3.65. The number of carbonyl (C=O) groups excluding carboxylic acids is 5. The van der Waals surface area contributed by atoms with Gasteiger partial charge in [0.15, 0.2) is 0 Å². The number of hydrogen-bond donors (Lipinski definition) is 5. The minimum absolute atomic E-state index is 0.0578. The van der Waals surface area contributed by atoms with Gasteiger partial charge in [-0.25, -0.2) is 9.18 Å². The molecule has 1 aromatic heterocycles. The molecule has 1 aromatic carbocycles. The van der Waals surface area contributed by atoms with E-state index in [2.05, 4.69) is 21.3 Å². The predicted molar refractivity (Wildman–Crippen MR) is 154 cm³/mol. The van der Waals surface area contributed by atoms with Gasteiger partial charge in [-0.1, -0.05) is 32.9 Å². The second-order valence-corrected chi connectivity index (χ2v) is 10.8. The van der Waals surface area contributed by atoms with Gasteiger partial charge >= 0.3 is 5.97 Å². The summed E-state index contributed by atoms with van der Waals surface area (Å²) < 4.78 is 18.2. The van der Waals surface area contributed by atoms with Crippen LogP contribution in [0.1, 0.15) is 71.2 Å². The van der Waals surface area contributed by atoms with Crippen molar-refractivity contribution in [2.45, 2.75) is 59.0 Å². The maximum Gasteiger partial charge on any atom is 0.341 e. The van der Waals surface area contributed by atoms with Gasteiger partial charge in [0.1, 0.15) is 16.9 Å². The molecule has 0 saturated carbocycles. The molecule has 0 saturated heterocycles. The van der Waals surface area contributed by atoms with Gasteiger partial charge < -0.3 is 31.7 Å². The van der Waals surface area contributed by atoms with Gasteiger partial charge in [-0.05, 0) is 49.4 Å². The molecule has 2 rings (SSSR count). The molecule has 0 spiro atoms. The van der Waals surface area contributed by atoms with Gasteiger partial charge in [0, 0.05) is 13.1 Å². The molecular formula is C28H38FN5O6S. The van der Waals surface area contributed by atoms with E-state index < -0.39 is 53.4 Å². The van der Waals surface area contributed by atoms with Crippen LogP contribution in [0, 0.1) is 18.7 Å². The molecule has 2 aromatic rings. The van der Waals surface area contributed by atoms with E-state index in [0.717, 1.165) is 11.3 Å². The first-order valence-corrected chi connectivity index (χ1v) is 14.0. The van der Waals surface area contributed by atoms with Crippen LogP contribution in [0.3, 0.4) is 0 Å². The van der Waals surface area contributed by atoms with Crippen LogP contribution in [0.2, 0.25) is 0 Å². The Morgan fingerprint density at radius 1 is 0.976 bits per heavy atom. The highest BCUT2D eigenvalue weighted by Crippen LogP contribution is 2.35. The Balaban J connectivity index is 2.06. The minimum Gasteiger partial charge on any atom is -0.465 e. The summed E-state index contributed by atoms with van der Waals surface area (Å²) in [6.07, 6.45) is 0.418. The number of benzene rings is 1. The van der Waals surface area contributed by atoms with Crippen molar-refractivity contribution in [3.05, 3.63) is 51.7 Å². The molecule has 41 heavy (non-hydrogen) atoms. The molecule has 0 aliphatic carbocycles. The van der Waals surface area contributed by atoms with Gasteiger partial charge in [-0.3, -0.25) is 19.2 Å². The first-order chi connectivity index (χ1) is 19.3. The molecule has 6 N–H and O–H groups in total. The number of hydrogen-bond acceptors (Lipinski definition) is 8. The number of halogens is 1. The molecule has 1 heterocycles. The van der Waals surface area contributed by atoms with Gasteiger partial charge in [0.2, 0.25) is 17.7 Å². The van der Waals surface area contributed by atoms with Crippen LogP contribution >= 0.6 is 11.3 Å². The van der Waals surface area contributed by atoms with E-state index >= 15 is 0 Å². The lowest BCUT2D eigenvalue weighted by Gasteiger charge is -2.19. The monoisotopic (exact) mass is 591 g/mol. The zero-order valence-electron chi connectivity index (χ0n) is 24.1. The molecule has 0 aliphatic rings. The van der Waals surface area contributed by atoms with Crippen LogP contribution < -0.4 is 27.0 Å². The maximum atomic E-state index is 13.4. The third kappa shape index (κ3) is 8.82. The Labute approximate surface area is 242 Å². The lowest BCUT2D eigenvalue weighted by molar-refractivity contribution is -0.129. The Hall–Kier alpha value is -3.84. The number of carbonyl (C=O) groups is 5. The van der Waals surface area contributed by atoms with E-state index in [1.54, 1.807) is 27.7 Å². The molecule has 3 atom stereocenters. The third-order valence-corrected chi connectivity index (χ3v) is 7.67. The first-order valence-electron chi connectivity index (χ1n) is 13.2. The third-order valence-electron chi connectivity index (χ3n) is 6.46. The van der Waals surface area contributed by atoms with E-state index in [0.29, 0.717) is 17.5 Å². The molecule has 224 valence electrons. The summed E-state index contributed by atoms with van der Waals surface area (Å²) in [6, 6.07) is 4.03. The van der Waals surface area contributed by atoms with Crippen molar-refractivity contribution in [1.29, 1.82) is 0 Å².